The lowest BCUT2D eigenvalue weighted by Gasteiger charge is -2.35. The van der Waals surface area contributed by atoms with E-state index in [0.717, 1.165) is 33.6 Å². The summed E-state index contributed by atoms with van der Waals surface area (Å²) in [6, 6.07) is 37.5. The summed E-state index contributed by atoms with van der Waals surface area (Å²) in [5.74, 6) is 0. The van der Waals surface area contributed by atoms with E-state index < -0.39 is 65.8 Å². The zero-order chi connectivity index (χ0) is 46.5. The molecule has 268 valence electrons. The summed E-state index contributed by atoms with van der Waals surface area (Å²) in [6.07, 6.45) is 0. The van der Waals surface area contributed by atoms with E-state index in [1.165, 1.54) is 22.3 Å². The highest BCUT2D eigenvalue weighted by Gasteiger charge is 2.46. The first-order chi connectivity index (χ1) is 31.4. The van der Waals surface area contributed by atoms with Crippen LogP contribution in [0.1, 0.15) is 85.9 Å². The van der Waals surface area contributed by atoms with E-state index in [-0.39, 0.29) is 22.0 Å². The molecule has 3 aliphatic carbocycles. The summed E-state index contributed by atoms with van der Waals surface area (Å²) in [6.45, 7) is 8.95. The zero-order valence-corrected chi connectivity index (χ0v) is 31.6. The van der Waals surface area contributed by atoms with Gasteiger partial charge >= 0.3 is 0 Å². The lowest BCUT2D eigenvalue weighted by Crippen LogP contribution is -2.28. The van der Waals surface area contributed by atoms with E-state index in [1.54, 1.807) is 12.1 Å². The molecule has 0 atom stereocenters. The predicted molar refractivity (Wildman–Crippen MR) is 234 cm³/mol. The Labute approximate surface area is 344 Å². The average molecular weight is 728 g/mol. The molecule has 0 amide bonds. The number of benzene rings is 8. The van der Waals surface area contributed by atoms with Gasteiger partial charge in [-0.25, -0.2) is 0 Å². The molecule has 11 rings (SSSR count). The Balaban J connectivity index is 1.25. The first kappa shape index (κ1) is 24.2. The van der Waals surface area contributed by atoms with Gasteiger partial charge in [0.2, 0.25) is 0 Å². The largest absolute Gasteiger partial charge is 0.310 e. The first-order valence-electron chi connectivity index (χ1n) is 24.1. The number of anilines is 3. The van der Waals surface area contributed by atoms with Crippen molar-refractivity contribution in [3.8, 4) is 33.4 Å². The SMILES string of the molecule is [2H]c1c([2H])c([2H])c(C2(c3c([2H])c([2H])c([2H])c([2H])c3[2H])c3ccccc3-c3ccc(N(c4ccc5c(c4)C(C)(C)c4ccccc4-5)c4ccc5c(c4)C(C)(C)c4ccccc4-5)cc32)c([2H])c1[2H]. The third-order valence-electron chi connectivity index (χ3n) is 12.7. The van der Waals surface area contributed by atoms with E-state index >= 15 is 0 Å². The Morgan fingerprint density at radius 3 is 1.14 bits per heavy atom. The molecule has 0 aliphatic heterocycles. The molecular formula is C55H43N. The summed E-state index contributed by atoms with van der Waals surface area (Å²) in [5, 5.41) is 0. The molecule has 1 heteroatoms. The van der Waals surface area contributed by atoms with Crippen LogP contribution in [-0.2, 0) is 16.2 Å². The molecule has 0 radical (unpaired) electrons. The van der Waals surface area contributed by atoms with E-state index in [9.17, 15) is 5.48 Å². The Hall–Kier alpha value is -6.44. The van der Waals surface area contributed by atoms with Crippen molar-refractivity contribution < 1.29 is 13.7 Å². The Morgan fingerprint density at radius 2 is 0.696 bits per heavy atom. The van der Waals surface area contributed by atoms with Gasteiger partial charge in [-0.1, -0.05) is 179 Å². The van der Waals surface area contributed by atoms with Gasteiger partial charge < -0.3 is 4.90 Å². The van der Waals surface area contributed by atoms with Gasteiger partial charge in [-0.05, 0) is 114 Å². The van der Waals surface area contributed by atoms with E-state index in [1.807, 2.05) is 30.3 Å². The van der Waals surface area contributed by atoms with Gasteiger partial charge in [-0.2, -0.15) is 0 Å². The number of nitrogens with zero attached hydrogens (tertiary/aromatic N) is 1. The van der Waals surface area contributed by atoms with Crippen LogP contribution in [0.2, 0.25) is 0 Å². The van der Waals surface area contributed by atoms with Gasteiger partial charge in [0.1, 0.15) is 0 Å². The molecule has 56 heavy (non-hydrogen) atoms. The zero-order valence-electron chi connectivity index (χ0n) is 41.6. The second-order valence-electron chi connectivity index (χ2n) is 16.2. The van der Waals surface area contributed by atoms with Crippen molar-refractivity contribution in [2.24, 2.45) is 0 Å². The molecule has 0 bridgehead atoms. The van der Waals surface area contributed by atoms with Crippen LogP contribution in [0.3, 0.4) is 0 Å². The highest BCUT2D eigenvalue weighted by atomic mass is 15.1. The third kappa shape index (κ3) is 4.37. The molecule has 0 fully saturated rings. The second-order valence-corrected chi connectivity index (χ2v) is 16.2. The average Bonchev–Trinajstić information content (AvgIpc) is 3.83. The van der Waals surface area contributed by atoms with Gasteiger partial charge in [0.25, 0.3) is 0 Å². The van der Waals surface area contributed by atoms with Crippen LogP contribution in [0.4, 0.5) is 17.1 Å². The maximum absolute atomic E-state index is 9.55. The monoisotopic (exact) mass is 727 g/mol. The Bertz CT molecular complexity index is 3230. The summed E-state index contributed by atoms with van der Waals surface area (Å²) < 4.78 is 91.2. The minimum absolute atomic E-state index is 0.198. The topological polar surface area (TPSA) is 3.24 Å². The van der Waals surface area contributed by atoms with Crippen LogP contribution in [-0.4, -0.2) is 0 Å². The van der Waals surface area contributed by atoms with Gasteiger partial charge in [0.15, 0.2) is 0 Å². The molecule has 0 spiro atoms. The van der Waals surface area contributed by atoms with Crippen molar-refractivity contribution in [3.63, 3.8) is 0 Å². The number of fused-ring (bicyclic) bond motifs is 9. The van der Waals surface area contributed by atoms with Crippen molar-refractivity contribution >= 4 is 17.1 Å². The molecule has 1 nitrogen and oxygen atoms in total. The fourth-order valence-electron chi connectivity index (χ4n) is 10.1. The predicted octanol–water partition coefficient (Wildman–Crippen LogP) is 14.1. The number of rotatable bonds is 5. The Morgan fingerprint density at radius 1 is 0.357 bits per heavy atom. The fraction of sp³-hybridized carbons (Fsp3) is 0.127. The highest BCUT2D eigenvalue weighted by molar-refractivity contribution is 5.92. The Kier molecular flexibility index (Phi) is 5.08. The molecule has 3 aliphatic rings. The third-order valence-corrected chi connectivity index (χ3v) is 12.7. The maximum Gasteiger partial charge on any atom is 0.0714 e. The molecule has 0 unspecified atom stereocenters. The minimum Gasteiger partial charge on any atom is -0.310 e. The molecule has 0 N–H and O–H groups in total. The van der Waals surface area contributed by atoms with Crippen molar-refractivity contribution in [3.05, 3.63) is 232 Å². The molecule has 0 heterocycles. The fourth-order valence-corrected chi connectivity index (χ4v) is 10.1. The molecule has 0 saturated carbocycles. The second kappa shape index (κ2) is 11.8. The standard InChI is InChI=1S/C55H43N/c1-53(2)47-24-14-11-21-41(47)44-30-27-38(33-50(44)53)56(39-28-31-45-42-22-12-15-25-48(42)54(3,4)51(45)34-39)40-29-32-46-43-23-13-16-26-49(43)55(52(46)35-40,36-17-7-5-8-18-36)37-19-9-6-10-20-37/h5-35H,1-4H3/i5D,6D,7D,8D,9D,10D,17D,18D,19D,20D. The van der Waals surface area contributed by atoms with E-state index in [4.69, 9.17) is 8.22 Å². The highest BCUT2D eigenvalue weighted by Crippen LogP contribution is 2.58. The van der Waals surface area contributed by atoms with Crippen LogP contribution in [0.25, 0.3) is 33.4 Å². The first-order valence-corrected chi connectivity index (χ1v) is 19.1. The van der Waals surface area contributed by atoms with Gasteiger partial charge in [-0.15, -0.1) is 0 Å². The smallest absolute Gasteiger partial charge is 0.0714 e. The number of hydrogen-bond donors (Lipinski definition) is 0. The summed E-state index contributed by atoms with van der Waals surface area (Å²) in [4.78, 5) is 2.18. The van der Waals surface area contributed by atoms with Crippen LogP contribution in [0.15, 0.2) is 188 Å². The lowest BCUT2D eigenvalue weighted by atomic mass is 9.67. The van der Waals surface area contributed by atoms with Crippen LogP contribution < -0.4 is 4.90 Å². The van der Waals surface area contributed by atoms with E-state index in [0.29, 0.717) is 27.9 Å². The maximum atomic E-state index is 9.55. The van der Waals surface area contributed by atoms with Crippen molar-refractivity contribution in [1.29, 1.82) is 0 Å². The van der Waals surface area contributed by atoms with Crippen LogP contribution in [0, 0.1) is 0 Å². The van der Waals surface area contributed by atoms with Gasteiger partial charge in [0.05, 0.1) is 19.1 Å². The van der Waals surface area contributed by atoms with E-state index in [2.05, 4.69) is 118 Å². The van der Waals surface area contributed by atoms with Crippen molar-refractivity contribution in [1.82, 2.24) is 0 Å². The normalized spacial score (nSPS) is 18.1. The quantitative estimate of drug-likeness (QED) is 0.171. The lowest BCUT2D eigenvalue weighted by molar-refractivity contribution is 0.660. The molecule has 0 saturated heterocycles. The van der Waals surface area contributed by atoms with Gasteiger partial charge in [-0.3, -0.25) is 0 Å². The molecule has 8 aromatic carbocycles. The van der Waals surface area contributed by atoms with Crippen molar-refractivity contribution in [2.75, 3.05) is 4.90 Å². The van der Waals surface area contributed by atoms with Crippen molar-refractivity contribution in [2.45, 2.75) is 43.9 Å². The van der Waals surface area contributed by atoms with Crippen LogP contribution in [0.5, 0.6) is 0 Å². The molecule has 0 aromatic heterocycles. The van der Waals surface area contributed by atoms with Gasteiger partial charge in [0, 0.05) is 27.9 Å². The molecule has 8 aromatic rings. The summed E-state index contributed by atoms with van der Waals surface area (Å²) >= 11 is 0. The summed E-state index contributed by atoms with van der Waals surface area (Å²) in [5.41, 5.74) is 10.9. The molecular weight excluding hydrogens is 675 g/mol. The summed E-state index contributed by atoms with van der Waals surface area (Å²) in [7, 11) is 0. The van der Waals surface area contributed by atoms with Crippen LogP contribution >= 0.6 is 0 Å². The number of hydrogen-bond acceptors (Lipinski definition) is 1. The minimum atomic E-state index is -1.97.